The third kappa shape index (κ3) is 1.54. The van der Waals surface area contributed by atoms with E-state index in [9.17, 15) is 0 Å². The molecule has 1 aromatic carbocycles. The van der Waals surface area contributed by atoms with Crippen LogP contribution in [0.25, 0.3) is 22.2 Å². The number of hydrogen-bond acceptors (Lipinski definition) is 3. The molecule has 0 saturated heterocycles. The van der Waals surface area contributed by atoms with Crippen molar-refractivity contribution in [1.82, 2.24) is 9.72 Å². The molecule has 0 spiro atoms. The molecule has 0 radical (unpaired) electrons. The molecule has 2 N–H and O–H groups in total. The molecule has 86 valence electrons. The van der Waals surface area contributed by atoms with Gasteiger partial charge in [0, 0.05) is 34.7 Å². The predicted octanol–water partition coefficient (Wildman–Crippen LogP) is 3.18. The van der Waals surface area contributed by atoms with Crippen LogP contribution in [-0.2, 0) is 7.05 Å². The van der Waals surface area contributed by atoms with E-state index in [0.717, 1.165) is 20.9 Å². The summed E-state index contributed by atoms with van der Waals surface area (Å²) >= 11 is 3.54. The zero-order chi connectivity index (χ0) is 12.0. The Balaban J connectivity index is 2.37. The van der Waals surface area contributed by atoms with Crippen molar-refractivity contribution in [3.63, 3.8) is 0 Å². The molecule has 0 aliphatic heterocycles. The fraction of sp³-hybridized carbons (Fsp3) is 0.0833. The summed E-state index contributed by atoms with van der Waals surface area (Å²) in [5.41, 5.74) is 7.66. The zero-order valence-corrected chi connectivity index (χ0v) is 10.7. The molecule has 3 rings (SSSR count). The molecule has 0 amide bonds. The summed E-state index contributed by atoms with van der Waals surface area (Å²) in [6.07, 6.45) is 2.02. The number of nitrogens with two attached hydrogens (primary N) is 1. The summed E-state index contributed by atoms with van der Waals surface area (Å²) in [6.45, 7) is 0. The molecule has 2 aromatic heterocycles. The summed E-state index contributed by atoms with van der Waals surface area (Å²) in [7, 11) is 2.00. The smallest absolute Gasteiger partial charge is 0.171 e. The number of rotatable bonds is 1. The van der Waals surface area contributed by atoms with Crippen molar-refractivity contribution in [2.24, 2.45) is 7.05 Å². The summed E-state index contributed by atoms with van der Waals surface area (Å²) in [5.74, 6) is 1.08. The molecule has 3 aromatic rings. The lowest BCUT2D eigenvalue weighted by Crippen LogP contribution is -1.87. The van der Waals surface area contributed by atoms with E-state index in [-0.39, 0.29) is 0 Å². The highest BCUT2D eigenvalue weighted by Crippen LogP contribution is 2.34. The highest BCUT2D eigenvalue weighted by molar-refractivity contribution is 9.10. The van der Waals surface area contributed by atoms with E-state index in [4.69, 9.17) is 10.3 Å². The minimum absolute atomic E-state index is 0.394. The van der Waals surface area contributed by atoms with Crippen LogP contribution in [0.2, 0.25) is 0 Å². The number of hydrogen-bond donors (Lipinski definition) is 1. The lowest BCUT2D eigenvalue weighted by atomic mass is 10.1. The second-order valence-electron chi connectivity index (χ2n) is 3.91. The third-order valence-electron chi connectivity index (χ3n) is 2.75. The van der Waals surface area contributed by atoms with Crippen molar-refractivity contribution in [2.75, 3.05) is 5.73 Å². The summed E-state index contributed by atoms with van der Waals surface area (Å²) < 4.78 is 8.33. The lowest BCUT2D eigenvalue weighted by molar-refractivity contribution is 0.436. The molecule has 2 heterocycles. The van der Waals surface area contributed by atoms with Gasteiger partial charge < -0.3 is 14.8 Å². The van der Waals surface area contributed by atoms with Crippen molar-refractivity contribution < 1.29 is 4.52 Å². The molecule has 4 nitrogen and oxygen atoms in total. The molecule has 0 fully saturated rings. The van der Waals surface area contributed by atoms with Crippen LogP contribution < -0.4 is 5.73 Å². The number of aryl methyl sites for hydroxylation is 1. The average Bonchev–Trinajstić information content (AvgIpc) is 2.85. The Morgan fingerprint density at radius 2 is 2.24 bits per heavy atom. The van der Waals surface area contributed by atoms with Gasteiger partial charge in [0.15, 0.2) is 11.6 Å². The topological polar surface area (TPSA) is 57.0 Å². The minimum Gasteiger partial charge on any atom is -0.381 e. The molecule has 0 atom stereocenters. The van der Waals surface area contributed by atoms with Gasteiger partial charge in [0.05, 0.1) is 5.52 Å². The lowest BCUT2D eigenvalue weighted by Gasteiger charge is -2.02. The fourth-order valence-corrected chi connectivity index (χ4v) is 2.66. The van der Waals surface area contributed by atoms with E-state index in [0.29, 0.717) is 11.6 Å². The van der Waals surface area contributed by atoms with E-state index in [1.165, 1.54) is 0 Å². The van der Waals surface area contributed by atoms with Crippen LogP contribution in [0.4, 0.5) is 5.82 Å². The van der Waals surface area contributed by atoms with Gasteiger partial charge in [-0.2, -0.15) is 0 Å². The standard InChI is InChI=1S/C12H10BrN3O/c1-16-6-9(13)7-3-2-4-8(12(7)16)10-5-11(14)15-17-10/h2-6H,1H3,(H2,14,15). The van der Waals surface area contributed by atoms with Crippen molar-refractivity contribution in [1.29, 1.82) is 0 Å². The normalized spacial score (nSPS) is 11.2. The molecule has 17 heavy (non-hydrogen) atoms. The molecule has 0 aliphatic rings. The first-order chi connectivity index (χ1) is 8.16. The third-order valence-corrected chi connectivity index (χ3v) is 3.38. The van der Waals surface area contributed by atoms with E-state index in [1.807, 2.05) is 29.9 Å². The number of aromatic nitrogens is 2. The number of anilines is 1. The van der Waals surface area contributed by atoms with Crippen LogP contribution in [0.5, 0.6) is 0 Å². The van der Waals surface area contributed by atoms with Crippen LogP contribution in [0.1, 0.15) is 0 Å². The first kappa shape index (κ1) is 10.4. The Morgan fingerprint density at radius 3 is 2.94 bits per heavy atom. The summed E-state index contributed by atoms with van der Waals surface area (Å²) in [6, 6.07) is 7.77. The van der Waals surface area contributed by atoms with Crippen LogP contribution in [0.15, 0.2) is 39.5 Å². The van der Waals surface area contributed by atoms with Crippen LogP contribution in [0.3, 0.4) is 0 Å². The van der Waals surface area contributed by atoms with Gasteiger partial charge in [-0.25, -0.2) is 0 Å². The van der Waals surface area contributed by atoms with Crippen LogP contribution in [0, 0.1) is 0 Å². The second kappa shape index (κ2) is 3.63. The van der Waals surface area contributed by atoms with Gasteiger partial charge in [0.25, 0.3) is 0 Å². The van der Waals surface area contributed by atoms with Gasteiger partial charge in [0.1, 0.15) is 0 Å². The van der Waals surface area contributed by atoms with E-state index >= 15 is 0 Å². The van der Waals surface area contributed by atoms with Gasteiger partial charge in [-0.1, -0.05) is 17.3 Å². The Bertz CT molecular complexity index is 699. The molecule has 0 unspecified atom stereocenters. The maximum atomic E-state index is 5.58. The maximum Gasteiger partial charge on any atom is 0.171 e. The van der Waals surface area contributed by atoms with Crippen LogP contribution >= 0.6 is 15.9 Å². The second-order valence-corrected chi connectivity index (χ2v) is 4.76. The molecular weight excluding hydrogens is 282 g/mol. The Hall–Kier alpha value is -1.75. The zero-order valence-electron chi connectivity index (χ0n) is 9.14. The number of halogens is 1. The first-order valence-electron chi connectivity index (χ1n) is 5.13. The number of benzene rings is 1. The minimum atomic E-state index is 0.394. The van der Waals surface area contributed by atoms with Gasteiger partial charge >= 0.3 is 0 Å². The monoisotopic (exact) mass is 291 g/mol. The van der Waals surface area contributed by atoms with Gasteiger partial charge in [0.2, 0.25) is 0 Å². The van der Waals surface area contributed by atoms with Gasteiger partial charge in [-0.15, -0.1) is 0 Å². The highest BCUT2D eigenvalue weighted by atomic mass is 79.9. The van der Waals surface area contributed by atoms with Crippen molar-refractivity contribution >= 4 is 32.7 Å². The van der Waals surface area contributed by atoms with E-state index in [1.54, 1.807) is 6.07 Å². The number of fused-ring (bicyclic) bond motifs is 1. The van der Waals surface area contributed by atoms with Crippen molar-refractivity contribution in [2.45, 2.75) is 0 Å². The number of para-hydroxylation sites is 1. The molecule has 0 bridgehead atoms. The summed E-state index contributed by atoms with van der Waals surface area (Å²) in [5, 5.41) is 4.86. The molecular formula is C12H10BrN3O. The Labute approximate surface area is 106 Å². The molecule has 0 saturated carbocycles. The van der Waals surface area contributed by atoms with Crippen molar-refractivity contribution in [3.8, 4) is 11.3 Å². The largest absolute Gasteiger partial charge is 0.381 e. The summed E-state index contributed by atoms with van der Waals surface area (Å²) in [4.78, 5) is 0. The number of nitrogens with zero attached hydrogens (tertiary/aromatic N) is 2. The van der Waals surface area contributed by atoms with E-state index < -0.39 is 0 Å². The fourth-order valence-electron chi connectivity index (χ4n) is 2.03. The first-order valence-corrected chi connectivity index (χ1v) is 5.92. The van der Waals surface area contributed by atoms with E-state index in [2.05, 4.69) is 27.2 Å². The highest BCUT2D eigenvalue weighted by Gasteiger charge is 2.13. The SMILES string of the molecule is Cn1cc(Br)c2cccc(-c3cc(N)no3)c21. The van der Waals surface area contributed by atoms with Gasteiger partial charge in [-0.05, 0) is 22.0 Å². The van der Waals surface area contributed by atoms with Crippen molar-refractivity contribution in [3.05, 3.63) is 34.9 Å². The molecule has 0 aliphatic carbocycles. The Kier molecular flexibility index (Phi) is 2.22. The van der Waals surface area contributed by atoms with Gasteiger partial charge in [-0.3, -0.25) is 0 Å². The maximum absolute atomic E-state index is 5.58. The quantitative estimate of drug-likeness (QED) is 0.749. The molecule has 5 heteroatoms. The predicted molar refractivity (Wildman–Crippen MR) is 70.5 cm³/mol. The van der Waals surface area contributed by atoms with Crippen LogP contribution in [-0.4, -0.2) is 9.72 Å². The Morgan fingerprint density at radius 1 is 1.41 bits per heavy atom. The average molecular weight is 292 g/mol. The number of nitrogen functional groups attached to an aromatic ring is 1.